The van der Waals surface area contributed by atoms with Gasteiger partial charge in [0, 0.05) is 46.2 Å². The Labute approximate surface area is 136 Å². The van der Waals surface area contributed by atoms with Crippen LogP contribution in [0.2, 0.25) is 0 Å². The molecule has 3 rings (SSSR count). The average Bonchev–Trinajstić information content (AvgIpc) is 3.01. The molecule has 2 aliphatic heterocycles. The molecule has 1 aromatic rings. The standard InChI is InChI=1S/C13H23N5O4S/c1-11(13-15-14-12(2)22-13)16-3-5-17(6-4-16)23(19,20)18-7-9-21-10-8-18/h11H,3-10H2,1-2H3/t11-/m1/s1. The van der Waals surface area contributed by atoms with E-state index in [1.54, 1.807) is 11.2 Å². The Hall–Kier alpha value is -1.07. The van der Waals surface area contributed by atoms with Crippen LogP contribution in [-0.4, -0.2) is 84.6 Å². The minimum atomic E-state index is -3.39. The van der Waals surface area contributed by atoms with Crippen LogP contribution in [0.1, 0.15) is 24.7 Å². The van der Waals surface area contributed by atoms with E-state index < -0.39 is 10.2 Å². The second-order valence-electron chi connectivity index (χ2n) is 5.79. The first kappa shape index (κ1) is 16.8. The summed E-state index contributed by atoms with van der Waals surface area (Å²) in [6.07, 6.45) is 0. The smallest absolute Gasteiger partial charge is 0.282 e. The highest BCUT2D eigenvalue weighted by Crippen LogP contribution is 2.22. The molecular weight excluding hydrogens is 322 g/mol. The molecule has 0 radical (unpaired) electrons. The number of piperazine rings is 1. The van der Waals surface area contributed by atoms with Crippen molar-refractivity contribution < 1.29 is 17.6 Å². The molecule has 3 heterocycles. The molecule has 0 saturated carbocycles. The molecule has 23 heavy (non-hydrogen) atoms. The number of rotatable bonds is 4. The van der Waals surface area contributed by atoms with Crippen molar-refractivity contribution in [2.45, 2.75) is 19.9 Å². The molecule has 0 bridgehead atoms. The van der Waals surface area contributed by atoms with Crippen molar-refractivity contribution in [3.63, 3.8) is 0 Å². The van der Waals surface area contributed by atoms with Crippen molar-refractivity contribution in [1.82, 2.24) is 23.7 Å². The minimum absolute atomic E-state index is 0.00978. The maximum atomic E-state index is 12.6. The summed E-state index contributed by atoms with van der Waals surface area (Å²) in [5.41, 5.74) is 0. The molecule has 0 unspecified atom stereocenters. The summed E-state index contributed by atoms with van der Waals surface area (Å²) in [5, 5.41) is 7.90. The van der Waals surface area contributed by atoms with Crippen LogP contribution in [0.25, 0.3) is 0 Å². The molecule has 0 spiro atoms. The number of hydrogen-bond acceptors (Lipinski definition) is 7. The van der Waals surface area contributed by atoms with E-state index in [1.807, 2.05) is 6.92 Å². The molecule has 2 saturated heterocycles. The van der Waals surface area contributed by atoms with Gasteiger partial charge in [-0.15, -0.1) is 10.2 Å². The molecule has 2 fully saturated rings. The largest absolute Gasteiger partial charge is 0.424 e. The molecule has 1 atom stereocenters. The summed E-state index contributed by atoms with van der Waals surface area (Å²) in [6.45, 7) is 7.78. The van der Waals surface area contributed by atoms with Crippen molar-refractivity contribution in [3.05, 3.63) is 11.8 Å². The Morgan fingerprint density at radius 3 is 2.17 bits per heavy atom. The van der Waals surface area contributed by atoms with Crippen LogP contribution in [0, 0.1) is 6.92 Å². The zero-order valence-electron chi connectivity index (χ0n) is 13.5. The minimum Gasteiger partial charge on any atom is -0.424 e. The number of nitrogens with zero attached hydrogens (tertiary/aromatic N) is 5. The summed E-state index contributed by atoms with van der Waals surface area (Å²) in [4.78, 5) is 2.16. The lowest BCUT2D eigenvalue weighted by Crippen LogP contribution is -2.55. The van der Waals surface area contributed by atoms with Gasteiger partial charge in [0.05, 0.1) is 19.3 Å². The molecule has 0 amide bonds. The fourth-order valence-corrected chi connectivity index (χ4v) is 4.46. The lowest BCUT2D eigenvalue weighted by molar-refractivity contribution is 0.0670. The maximum absolute atomic E-state index is 12.6. The van der Waals surface area contributed by atoms with E-state index >= 15 is 0 Å². The van der Waals surface area contributed by atoms with E-state index in [1.165, 1.54) is 4.31 Å². The second kappa shape index (κ2) is 6.81. The molecule has 0 aliphatic carbocycles. The van der Waals surface area contributed by atoms with Crippen molar-refractivity contribution >= 4 is 10.2 Å². The predicted octanol–water partition coefficient (Wildman–Crippen LogP) is -0.366. The number of aryl methyl sites for hydroxylation is 1. The average molecular weight is 345 g/mol. The van der Waals surface area contributed by atoms with E-state index in [2.05, 4.69) is 15.1 Å². The summed E-state index contributed by atoms with van der Waals surface area (Å²) < 4.78 is 39.0. The zero-order chi connectivity index (χ0) is 16.4. The van der Waals surface area contributed by atoms with Crippen LogP contribution in [0.3, 0.4) is 0 Å². The van der Waals surface area contributed by atoms with E-state index in [0.717, 1.165) is 0 Å². The Morgan fingerprint density at radius 2 is 1.61 bits per heavy atom. The van der Waals surface area contributed by atoms with E-state index in [9.17, 15) is 8.42 Å². The summed E-state index contributed by atoms with van der Waals surface area (Å²) >= 11 is 0. The van der Waals surface area contributed by atoms with Crippen LogP contribution in [0.15, 0.2) is 4.42 Å². The van der Waals surface area contributed by atoms with Gasteiger partial charge in [-0.3, -0.25) is 4.90 Å². The Kier molecular flexibility index (Phi) is 4.97. The van der Waals surface area contributed by atoms with E-state index in [4.69, 9.17) is 9.15 Å². The molecule has 9 nitrogen and oxygen atoms in total. The van der Waals surface area contributed by atoms with Gasteiger partial charge in [-0.1, -0.05) is 0 Å². The molecule has 130 valence electrons. The summed E-state index contributed by atoms with van der Waals surface area (Å²) in [6, 6.07) is -0.00978. The third-order valence-corrected chi connectivity index (χ3v) is 6.38. The van der Waals surface area contributed by atoms with Gasteiger partial charge in [0.25, 0.3) is 10.2 Å². The summed E-state index contributed by atoms with van der Waals surface area (Å²) in [5.74, 6) is 1.12. The number of ether oxygens (including phenoxy) is 1. The van der Waals surface area contributed by atoms with Crippen LogP contribution in [0.5, 0.6) is 0 Å². The van der Waals surface area contributed by atoms with Gasteiger partial charge >= 0.3 is 0 Å². The number of hydrogen-bond donors (Lipinski definition) is 0. The first-order chi connectivity index (χ1) is 11.0. The van der Waals surface area contributed by atoms with Gasteiger partial charge in [0.1, 0.15) is 0 Å². The van der Waals surface area contributed by atoms with Crippen molar-refractivity contribution in [1.29, 1.82) is 0 Å². The topological polar surface area (TPSA) is 92.0 Å². The van der Waals surface area contributed by atoms with Gasteiger partial charge in [0.2, 0.25) is 11.8 Å². The third-order valence-electron chi connectivity index (χ3n) is 4.34. The lowest BCUT2D eigenvalue weighted by Gasteiger charge is -2.38. The summed E-state index contributed by atoms with van der Waals surface area (Å²) in [7, 11) is -3.39. The normalized spacial score (nSPS) is 23.9. The van der Waals surface area contributed by atoms with E-state index in [0.29, 0.717) is 64.3 Å². The van der Waals surface area contributed by atoms with E-state index in [-0.39, 0.29) is 6.04 Å². The first-order valence-corrected chi connectivity index (χ1v) is 9.25. The second-order valence-corrected chi connectivity index (χ2v) is 7.72. The molecule has 0 aromatic carbocycles. The molecular formula is C13H23N5O4S. The third kappa shape index (κ3) is 3.56. The van der Waals surface area contributed by atoms with Gasteiger partial charge in [0.15, 0.2) is 0 Å². The molecule has 0 N–H and O–H groups in total. The molecule has 10 heteroatoms. The Morgan fingerprint density at radius 1 is 1.00 bits per heavy atom. The Bertz CT molecular complexity index is 620. The fraction of sp³-hybridized carbons (Fsp3) is 0.846. The van der Waals surface area contributed by atoms with Gasteiger partial charge in [-0.05, 0) is 6.92 Å². The maximum Gasteiger partial charge on any atom is 0.282 e. The van der Waals surface area contributed by atoms with Crippen LogP contribution < -0.4 is 0 Å². The number of aromatic nitrogens is 2. The van der Waals surface area contributed by atoms with Gasteiger partial charge in [-0.2, -0.15) is 17.0 Å². The lowest BCUT2D eigenvalue weighted by atomic mass is 10.2. The van der Waals surface area contributed by atoms with Gasteiger partial charge in [-0.25, -0.2) is 0 Å². The monoisotopic (exact) mass is 345 g/mol. The van der Waals surface area contributed by atoms with Crippen LogP contribution in [0.4, 0.5) is 0 Å². The van der Waals surface area contributed by atoms with Gasteiger partial charge < -0.3 is 9.15 Å². The predicted molar refractivity (Wildman–Crippen MR) is 81.9 cm³/mol. The highest BCUT2D eigenvalue weighted by atomic mass is 32.2. The zero-order valence-corrected chi connectivity index (χ0v) is 14.3. The van der Waals surface area contributed by atoms with Crippen molar-refractivity contribution in [2.75, 3.05) is 52.5 Å². The van der Waals surface area contributed by atoms with Crippen LogP contribution in [-0.2, 0) is 14.9 Å². The van der Waals surface area contributed by atoms with Crippen LogP contribution >= 0.6 is 0 Å². The SMILES string of the molecule is Cc1nnc([C@@H](C)N2CCN(S(=O)(=O)N3CCOCC3)CC2)o1. The molecule has 2 aliphatic rings. The van der Waals surface area contributed by atoms with Crippen molar-refractivity contribution in [2.24, 2.45) is 0 Å². The van der Waals surface area contributed by atoms with Crippen molar-refractivity contribution in [3.8, 4) is 0 Å². The highest BCUT2D eigenvalue weighted by molar-refractivity contribution is 7.86. The first-order valence-electron chi connectivity index (χ1n) is 7.85. The quantitative estimate of drug-likeness (QED) is 0.735. The molecule has 1 aromatic heterocycles. The fourth-order valence-electron chi connectivity index (χ4n) is 2.90. The number of morpholine rings is 1. The highest BCUT2D eigenvalue weighted by Gasteiger charge is 2.34. The Balaban J connectivity index is 1.59.